The number of carbonyl (C=O) groups excluding carboxylic acids is 2. The molecule has 0 radical (unpaired) electrons. The maximum Gasteiger partial charge on any atom is 0.269 e. The van der Waals surface area contributed by atoms with Crippen LogP contribution in [0.4, 0.5) is 0 Å². The second-order valence-electron chi connectivity index (χ2n) is 11.0. The average Bonchev–Trinajstić information content (AvgIpc) is 3.03. The largest absolute Gasteiger partial charge is 0.356 e. The summed E-state index contributed by atoms with van der Waals surface area (Å²) in [5.41, 5.74) is 2.19. The van der Waals surface area contributed by atoms with Crippen molar-refractivity contribution >= 4 is 65.5 Å². The minimum Gasteiger partial charge on any atom is -0.356 e. The highest BCUT2D eigenvalue weighted by Crippen LogP contribution is 2.29. The molecule has 1 aromatic heterocycles. The standard InChI is InChI=1S/C32H37ClN4O8S2/c1-24-15-17-25(18-16-24)47(43,44)37(21-8-14-30(38)34-19-6-7-22-45-35-33)32(39)31-26-10-2-4-12-28(26)36(20-9-23-46(40,41)42)29-13-5-3-11-27(29)31/h2-5,10-13,15-18,35H,6-9,14,19-23H2,1H3,(H-,34,38,40,41,42)/p+1. The van der Waals surface area contributed by atoms with Crippen molar-refractivity contribution in [2.45, 2.75) is 50.5 Å². The predicted molar refractivity (Wildman–Crippen MR) is 179 cm³/mol. The quantitative estimate of drug-likeness (QED) is 0.0367. The van der Waals surface area contributed by atoms with Gasteiger partial charge in [0.2, 0.25) is 16.9 Å². The smallest absolute Gasteiger partial charge is 0.269 e. The lowest BCUT2D eigenvalue weighted by Crippen LogP contribution is -2.41. The van der Waals surface area contributed by atoms with Gasteiger partial charge in [0.25, 0.3) is 26.0 Å². The van der Waals surface area contributed by atoms with Gasteiger partial charge >= 0.3 is 0 Å². The molecule has 3 N–H and O–H groups in total. The van der Waals surface area contributed by atoms with Crippen LogP contribution in [0.25, 0.3) is 21.8 Å². The Labute approximate surface area is 279 Å². The van der Waals surface area contributed by atoms with Gasteiger partial charge in [0, 0.05) is 49.8 Å². The molecule has 3 aromatic carbocycles. The summed E-state index contributed by atoms with van der Waals surface area (Å²) < 4.78 is 63.0. The summed E-state index contributed by atoms with van der Waals surface area (Å²) in [5, 5.41) is 3.74. The third-order valence-electron chi connectivity index (χ3n) is 7.58. The fourth-order valence-electron chi connectivity index (χ4n) is 5.32. The highest BCUT2D eigenvalue weighted by molar-refractivity contribution is 7.89. The van der Waals surface area contributed by atoms with Gasteiger partial charge in [-0.1, -0.05) is 42.0 Å². The maximum absolute atomic E-state index is 14.6. The lowest BCUT2D eigenvalue weighted by Gasteiger charge is -2.24. The first kappa shape index (κ1) is 36.2. The van der Waals surface area contributed by atoms with Crippen LogP contribution in [0, 0.1) is 6.92 Å². The van der Waals surface area contributed by atoms with Crippen molar-refractivity contribution in [1.29, 1.82) is 0 Å². The Morgan fingerprint density at radius 2 is 1.49 bits per heavy atom. The first-order chi connectivity index (χ1) is 22.4. The van der Waals surface area contributed by atoms with Gasteiger partial charge in [0.15, 0.2) is 6.54 Å². The van der Waals surface area contributed by atoms with Crippen molar-refractivity contribution in [2.24, 2.45) is 0 Å². The molecule has 15 heteroatoms. The van der Waals surface area contributed by atoms with Crippen LogP contribution in [0.15, 0.2) is 77.7 Å². The molecule has 4 aromatic rings. The van der Waals surface area contributed by atoms with Gasteiger partial charge in [-0.2, -0.15) is 13.0 Å². The SMILES string of the molecule is Cc1ccc(S(=O)(=O)N(CCCC(=O)NCCCCONCl)C(=O)c2c3ccccc3[n+](CCCS(=O)(=O)O)c3ccccc23)cc1. The molecule has 47 heavy (non-hydrogen) atoms. The van der Waals surface area contributed by atoms with E-state index in [1.807, 2.05) is 11.5 Å². The number of nitrogens with zero attached hydrogens (tertiary/aromatic N) is 2. The normalized spacial score (nSPS) is 12.0. The third kappa shape index (κ3) is 9.46. The molecule has 4 rings (SSSR count). The zero-order chi connectivity index (χ0) is 34.0. The number of unbranched alkanes of at least 4 members (excludes halogenated alkanes) is 1. The number of nitrogens with one attached hydrogen (secondary N) is 2. The van der Waals surface area contributed by atoms with E-state index >= 15 is 0 Å². The molecular weight excluding hydrogens is 668 g/mol. The Morgan fingerprint density at radius 1 is 0.872 bits per heavy atom. The number of aromatic nitrogens is 1. The van der Waals surface area contributed by atoms with Gasteiger partial charge in [-0.05, 0) is 50.5 Å². The van der Waals surface area contributed by atoms with E-state index in [0.717, 1.165) is 9.87 Å². The Balaban J connectivity index is 1.71. The molecule has 0 saturated carbocycles. The molecule has 1 heterocycles. The van der Waals surface area contributed by atoms with Crippen LogP contribution in [0.1, 0.15) is 48.0 Å². The number of sulfonamides is 1. The lowest BCUT2D eigenvalue weighted by atomic mass is 10.0. The van der Waals surface area contributed by atoms with E-state index in [0.29, 0.717) is 47.8 Å². The number of fused-ring (bicyclic) bond motifs is 2. The number of pyridine rings is 1. The maximum atomic E-state index is 14.6. The van der Waals surface area contributed by atoms with Crippen LogP contribution in [0.2, 0.25) is 0 Å². The van der Waals surface area contributed by atoms with Crippen molar-refractivity contribution in [1.82, 2.24) is 14.6 Å². The van der Waals surface area contributed by atoms with Gasteiger partial charge in [0.1, 0.15) is 0 Å². The van der Waals surface area contributed by atoms with Crippen LogP contribution in [0.3, 0.4) is 0 Å². The number of carbonyl (C=O) groups is 2. The summed E-state index contributed by atoms with van der Waals surface area (Å²) >= 11 is 5.24. The van der Waals surface area contributed by atoms with E-state index in [4.69, 9.17) is 16.6 Å². The molecule has 0 aliphatic rings. The van der Waals surface area contributed by atoms with Gasteiger partial charge in [-0.25, -0.2) is 12.7 Å². The van der Waals surface area contributed by atoms with Crippen molar-refractivity contribution < 1.29 is 40.4 Å². The monoisotopic (exact) mass is 705 g/mol. The van der Waals surface area contributed by atoms with E-state index < -0.39 is 31.8 Å². The van der Waals surface area contributed by atoms with Gasteiger partial charge in [-0.15, -0.1) is 5.00 Å². The number of amides is 2. The lowest BCUT2D eigenvalue weighted by molar-refractivity contribution is -0.645. The molecular formula is C32H38ClN4O8S2+. The fraction of sp³-hybridized carbons (Fsp3) is 0.344. The Kier molecular flexibility index (Phi) is 12.7. The molecule has 0 spiro atoms. The Hall–Kier alpha value is -3.66. The molecule has 12 nitrogen and oxygen atoms in total. The fourth-order valence-corrected chi connectivity index (χ4v) is 7.31. The van der Waals surface area contributed by atoms with Gasteiger partial charge < -0.3 is 5.32 Å². The molecule has 0 aliphatic carbocycles. The first-order valence-electron chi connectivity index (χ1n) is 15.1. The highest BCUT2D eigenvalue weighted by atomic mass is 35.5. The summed E-state index contributed by atoms with van der Waals surface area (Å²) in [7, 11) is -8.54. The van der Waals surface area contributed by atoms with Crippen molar-refractivity contribution in [3.8, 4) is 0 Å². The zero-order valence-electron chi connectivity index (χ0n) is 25.9. The van der Waals surface area contributed by atoms with Gasteiger partial charge in [0.05, 0.1) is 33.6 Å². The highest BCUT2D eigenvalue weighted by Gasteiger charge is 2.34. The second kappa shape index (κ2) is 16.4. The minimum absolute atomic E-state index is 0.00299. The summed E-state index contributed by atoms with van der Waals surface area (Å²) in [6.07, 6.45) is 1.51. The number of hydrogen-bond acceptors (Lipinski definition) is 8. The first-order valence-corrected chi connectivity index (χ1v) is 18.5. The number of rotatable bonds is 17. The number of halogens is 1. The number of benzene rings is 3. The molecule has 0 unspecified atom stereocenters. The molecule has 0 atom stereocenters. The molecule has 0 saturated heterocycles. The van der Waals surface area contributed by atoms with Crippen LogP contribution < -0.4 is 14.9 Å². The van der Waals surface area contributed by atoms with Crippen molar-refractivity contribution in [3.63, 3.8) is 0 Å². The zero-order valence-corrected chi connectivity index (χ0v) is 28.3. The van der Waals surface area contributed by atoms with Gasteiger partial charge in [-0.3, -0.25) is 19.0 Å². The molecule has 0 fully saturated rings. The summed E-state index contributed by atoms with van der Waals surface area (Å²) in [6, 6.07) is 20.2. The number of aryl methyl sites for hydroxylation is 2. The van der Waals surface area contributed by atoms with Crippen LogP contribution in [-0.4, -0.2) is 63.0 Å². The third-order valence-corrected chi connectivity index (χ3v) is 10.3. The Bertz CT molecular complexity index is 1880. The molecule has 0 bridgehead atoms. The summed E-state index contributed by atoms with van der Waals surface area (Å²) in [4.78, 5) is 34.0. The number of hydrogen-bond donors (Lipinski definition) is 3. The summed E-state index contributed by atoms with van der Waals surface area (Å²) in [6.45, 7) is 2.57. The topological polar surface area (TPSA) is 163 Å². The van der Waals surface area contributed by atoms with Crippen LogP contribution >= 0.6 is 11.8 Å². The minimum atomic E-state index is -4.35. The van der Waals surface area contributed by atoms with Crippen molar-refractivity contribution in [2.75, 3.05) is 25.4 Å². The number of para-hydroxylation sites is 2. The Morgan fingerprint density at radius 3 is 2.09 bits per heavy atom. The molecule has 0 aliphatic heterocycles. The van der Waals surface area contributed by atoms with E-state index in [2.05, 4.69) is 10.3 Å². The van der Waals surface area contributed by atoms with Crippen LogP contribution in [0.5, 0.6) is 0 Å². The molecule has 252 valence electrons. The molecule has 2 amide bonds. The predicted octanol–water partition coefficient (Wildman–Crippen LogP) is 4.05. The van der Waals surface area contributed by atoms with E-state index in [1.54, 1.807) is 60.7 Å². The summed E-state index contributed by atoms with van der Waals surface area (Å²) in [5.74, 6) is -1.47. The van der Waals surface area contributed by atoms with E-state index in [9.17, 15) is 31.0 Å². The van der Waals surface area contributed by atoms with Crippen LogP contribution in [-0.2, 0) is 36.3 Å². The van der Waals surface area contributed by atoms with Crippen molar-refractivity contribution in [3.05, 3.63) is 83.9 Å². The second-order valence-corrected chi connectivity index (χ2v) is 14.6. The van der Waals surface area contributed by atoms with E-state index in [-0.39, 0.29) is 48.7 Å². The average molecular weight is 706 g/mol. The van der Waals surface area contributed by atoms with E-state index in [1.165, 1.54) is 12.1 Å².